The molecule has 150 valence electrons. The molecule has 0 aromatic heterocycles. The van der Waals surface area contributed by atoms with Gasteiger partial charge in [0, 0.05) is 5.56 Å². The monoisotopic (exact) mass is 420 g/mol. The summed E-state index contributed by atoms with van der Waals surface area (Å²) in [5, 5.41) is 0. The predicted molar refractivity (Wildman–Crippen MR) is 81.4 cm³/mol. The Morgan fingerprint density at radius 3 is 1.34 bits per heavy atom. The highest BCUT2D eigenvalue weighted by Gasteiger charge is 2.36. The molecule has 0 aliphatic rings. The van der Waals surface area contributed by atoms with Crippen molar-refractivity contribution in [1.82, 2.24) is 0 Å². The lowest BCUT2D eigenvalue weighted by molar-refractivity contribution is 0.102. The smallest absolute Gasteiger partial charge is 0.202 e. The molecule has 0 unspecified atom stereocenters. The van der Waals surface area contributed by atoms with Crippen LogP contribution in [0.3, 0.4) is 0 Å². The van der Waals surface area contributed by atoms with Crippen molar-refractivity contribution in [2.24, 2.45) is 0 Å². The quantitative estimate of drug-likeness (QED) is 0.225. The molecule has 1 nitrogen and oxygen atoms in total. The Labute approximate surface area is 156 Å². The molecule has 3 rings (SSSR count). The van der Waals surface area contributed by atoms with Crippen LogP contribution in [0.1, 0.15) is 15.9 Å². The highest BCUT2D eigenvalue weighted by atomic mass is 19.2. The van der Waals surface area contributed by atoms with Gasteiger partial charge >= 0.3 is 0 Å². The van der Waals surface area contributed by atoms with Gasteiger partial charge in [-0.2, -0.15) is 0 Å². The van der Waals surface area contributed by atoms with Crippen LogP contribution in [0.5, 0.6) is 0 Å². The molecule has 0 aliphatic heterocycles. The Morgan fingerprint density at radius 1 is 0.483 bits per heavy atom. The number of ketones is 1. The number of carbonyl (C=O) groups excluding carboxylic acids is 1. The van der Waals surface area contributed by atoms with Gasteiger partial charge in [-0.15, -0.1) is 0 Å². The second-order valence-corrected chi connectivity index (χ2v) is 5.65. The molecule has 3 aromatic carbocycles. The molecule has 0 bridgehead atoms. The fourth-order valence-corrected chi connectivity index (χ4v) is 2.65. The molecule has 0 spiro atoms. The second kappa shape index (κ2) is 7.26. The molecule has 0 heterocycles. The van der Waals surface area contributed by atoms with Gasteiger partial charge in [0.05, 0.1) is 5.56 Å². The van der Waals surface area contributed by atoms with Crippen molar-refractivity contribution in [1.29, 1.82) is 0 Å². The summed E-state index contributed by atoms with van der Waals surface area (Å²) in [5.74, 6) is -24.5. The first-order chi connectivity index (χ1) is 13.6. The SMILES string of the molecule is O=C(c1c(F)c(F)c(F)c(F)c1F)c1c(F)c(F)c(F)c(F)c1-c1ccccc1. The summed E-state index contributed by atoms with van der Waals surface area (Å²) in [6.45, 7) is 0. The standard InChI is InChI=1S/C19H5F9O/c20-10-7(6-4-2-1-3-5-6)8(11(21)15(25)14(10)24)19(29)9-12(22)16(26)18(28)17(27)13(9)23/h1-5H. The molecule has 0 fully saturated rings. The van der Waals surface area contributed by atoms with Gasteiger partial charge in [-0.1, -0.05) is 30.3 Å². The third-order valence-electron chi connectivity index (χ3n) is 3.99. The molecule has 3 aromatic rings. The highest BCUT2D eigenvalue weighted by Crippen LogP contribution is 2.35. The topological polar surface area (TPSA) is 17.1 Å². The third-order valence-corrected chi connectivity index (χ3v) is 3.99. The van der Waals surface area contributed by atoms with Crippen molar-refractivity contribution >= 4 is 5.78 Å². The normalized spacial score (nSPS) is 11.1. The molecule has 0 saturated carbocycles. The minimum absolute atomic E-state index is 0.421. The highest BCUT2D eigenvalue weighted by molar-refractivity contribution is 6.13. The summed E-state index contributed by atoms with van der Waals surface area (Å²) in [4.78, 5) is 12.5. The van der Waals surface area contributed by atoms with Crippen LogP contribution in [0, 0.1) is 52.4 Å². The minimum Gasteiger partial charge on any atom is -0.288 e. The Kier molecular flexibility index (Phi) is 5.12. The van der Waals surface area contributed by atoms with E-state index in [9.17, 15) is 44.3 Å². The van der Waals surface area contributed by atoms with Gasteiger partial charge in [0.1, 0.15) is 5.56 Å². The van der Waals surface area contributed by atoms with E-state index in [0.29, 0.717) is 0 Å². The molecular formula is C19H5F9O. The van der Waals surface area contributed by atoms with Crippen molar-refractivity contribution in [3.05, 3.63) is 93.8 Å². The molecule has 0 amide bonds. The van der Waals surface area contributed by atoms with Gasteiger partial charge in [0.25, 0.3) is 0 Å². The lowest BCUT2D eigenvalue weighted by atomic mass is 9.91. The fraction of sp³-hybridized carbons (Fsp3) is 0. The largest absolute Gasteiger partial charge is 0.288 e. The molecule has 29 heavy (non-hydrogen) atoms. The van der Waals surface area contributed by atoms with Crippen molar-refractivity contribution in [3.63, 3.8) is 0 Å². The Hall–Kier alpha value is -3.30. The van der Waals surface area contributed by atoms with E-state index in [1.807, 2.05) is 0 Å². The Balaban J connectivity index is 2.43. The van der Waals surface area contributed by atoms with Crippen LogP contribution >= 0.6 is 0 Å². The molecule has 0 saturated heterocycles. The maximum atomic E-state index is 14.4. The Morgan fingerprint density at radius 2 is 0.862 bits per heavy atom. The maximum Gasteiger partial charge on any atom is 0.202 e. The lowest BCUT2D eigenvalue weighted by Crippen LogP contribution is -2.18. The Bertz CT molecular complexity index is 1130. The molecule has 0 radical (unpaired) electrons. The number of hydrogen-bond donors (Lipinski definition) is 0. The lowest BCUT2D eigenvalue weighted by Gasteiger charge is -2.14. The third kappa shape index (κ3) is 3.04. The average molecular weight is 420 g/mol. The van der Waals surface area contributed by atoms with Crippen LogP contribution in [0.15, 0.2) is 30.3 Å². The van der Waals surface area contributed by atoms with Crippen LogP contribution in [0.25, 0.3) is 11.1 Å². The van der Waals surface area contributed by atoms with Crippen LogP contribution in [-0.4, -0.2) is 5.78 Å². The number of hydrogen-bond acceptors (Lipinski definition) is 1. The van der Waals surface area contributed by atoms with Gasteiger partial charge in [-0.3, -0.25) is 4.79 Å². The van der Waals surface area contributed by atoms with E-state index in [4.69, 9.17) is 0 Å². The predicted octanol–water partition coefficient (Wildman–Crippen LogP) is 5.84. The van der Waals surface area contributed by atoms with Crippen molar-refractivity contribution < 1.29 is 44.3 Å². The van der Waals surface area contributed by atoms with E-state index in [0.717, 1.165) is 12.1 Å². The van der Waals surface area contributed by atoms with Gasteiger partial charge in [0.15, 0.2) is 46.5 Å². The number of rotatable bonds is 3. The van der Waals surface area contributed by atoms with Crippen molar-refractivity contribution in [2.45, 2.75) is 0 Å². The first-order valence-corrected chi connectivity index (χ1v) is 7.57. The van der Waals surface area contributed by atoms with E-state index >= 15 is 0 Å². The van der Waals surface area contributed by atoms with Gasteiger partial charge in [-0.25, -0.2) is 39.5 Å². The van der Waals surface area contributed by atoms with Crippen LogP contribution in [0.2, 0.25) is 0 Å². The summed E-state index contributed by atoms with van der Waals surface area (Å²) < 4.78 is 124. The summed E-state index contributed by atoms with van der Waals surface area (Å²) in [7, 11) is 0. The zero-order chi connectivity index (χ0) is 21.6. The summed E-state index contributed by atoms with van der Waals surface area (Å²) >= 11 is 0. The van der Waals surface area contributed by atoms with E-state index in [1.165, 1.54) is 18.2 Å². The van der Waals surface area contributed by atoms with Crippen LogP contribution in [-0.2, 0) is 0 Å². The van der Waals surface area contributed by atoms with Gasteiger partial charge in [0.2, 0.25) is 11.6 Å². The van der Waals surface area contributed by atoms with Crippen molar-refractivity contribution in [3.8, 4) is 11.1 Å². The first kappa shape index (κ1) is 20.4. The van der Waals surface area contributed by atoms with Crippen molar-refractivity contribution in [2.75, 3.05) is 0 Å². The summed E-state index contributed by atoms with van der Waals surface area (Å²) in [6, 6.07) is 5.86. The molecule has 0 N–H and O–H groups in total. The number of carbonyl (C=O) groups is 1. The first-order valence-electron chi connectivity index (χ1n) is 7.57. The molecule has 0 aliphatic carbocycles. The number of halogens is 9. The van der Waals surface area contributed by atoms with Gasteiger partial charge in [-0.05, 0) is 5.56 Å². The second-order valence-electron chi connectivity index (χ2n) is 5.65. The molecule has 0 atom stereocenters. The summed E-state index contributed by atoms with van der Waals surface area (Å²) in [6.07, 6.45) is 0. The van der Waals surface area contributed by atoms with Gasteiger partial charge < -0.3 is 0 Å². The average Bonchev–Trinajstić information content (AvgIpc) is 2.72. The van der Waals surface area contributed by atoms with Crippen LogP contribution < -0.4 is 0 Å². The fourth-order valence-electron chi connectivity index (χ4n) is 2.65. The zero-order valence-electron chi connectivity index (χ0n) is 13.7. The zero-order valence-corrected chi connectivity index (χ0v) is 13.7. The van der Waals surface area contributed by atoms with E-state index in [-0.39, 0.29) is 0 Å². The minimum atomic E-state index is -2.61. The van der Waals surface area contributed by atoms with E-state index in [2.05, 4.69) is 0 Å². The summed E-state index contributed by atoms with van der Waals surface area (Å²) in [5.41, 5.74) is -5.57. The maximum absolute atomic E-state index is 14.4. The molecule has 10 heteroatoms. The van der Waals surface area contributed by atoms with Crippen LogP contribution in [0.4, 0.5) is 39.5 Å². The van der Waals surface area contributed by atoms with E-state index < -0.39 is 80.4 Å². The number of benzene rings is 3. The van der Waals surface area contributed by atoms with E-state index in [1.54, 1.807) is 0 Å². The molecular weight excluding hydrogens is 415 g/mol.